The van der Waals surface area contributed by atoms with E-state index in [9.17, 15) is 9.59 Å². The van der Waals surface area contributed by atoms with Gasteiger partial charge in [-0.25, -0.2) is 4.98 Å². The van der Waals surface area contributed by atoms with Gasteiger partial charge < -0.3 is 15.0 Å². The largest absolute Gasteiger partial charge is 0.481 e. The Morgan fingerprint density at radius 2 is 2.19 bits per heavy atom. The summed E-state index contributed by atoms with van der Waals surface area (Å²) < 4.78 is 1.86. The Balaban J connectivity index is 2.04. The molecule has 16 heavy (non-hydrogen) atoms. The fraction of sp³-hybridized carbons (Fsp3) is 0.500. The Kier molecular flexibility index (Phi) is 5.04. The van der Waals surface area contributed by atoms with E-state index in [0.29, 0.717) is 19.5 Å². The van der Waals surface area contributed by atoms with E-state index < -0.39 is 5.97 Å². The van der Waals surface area contributed by atoms with Crippen LogP contribution >= 0.6 is 0 Å². The summed E-state index contributed by atoms with van der Waals surface area (Å²) >= 11 is 0. The number of carboxylic acid groups (broad SMARTS) is 1. The SMILES string of the molecule is O=C(O)CCCC(=O)NCCn1ccnc1. The molecule has 0 unspecified atom stereocenters. The van der Waals surface area contributed by atoms with Gasteiger partial charge in [-0.15, -0.1) is 0 Å². The van der Waals surface area contributed by atoms with Gasteiger partial charge in [0.2, 0.25) is 5.91 Å². The molecule has 88 valence electrons. The van der Waals surface area contributed by atoms with Crippen LogP contribution in [-0.2, 0) is 16.1 Å². The second kappa shape index (κ2) is 6.60. The summed E-state index contributed by atoms with van der Waals surface area (Å²) in [5, 5.41) is 11.1. The minimum absolute atomic E-state index is 0.0366. The topological polar surface area (TPSA) is 84.2 Å². The second-order valence-electron chi connectivity index (χ2n) is 3.40. The summed E-state index contributed by atoms with van der Waals surface area (Å²) in [7, 11) is 0. The molecule has 2 N–H and O–H groups in total. The zero-order valence-corrected chi connectivity index (χ0v) is 8.93. The highest BCUT2D eigenvalue weighted by Gasteiger charge is 2.02. The summed E-state index contributed by atoms with van der Waals surface area (Å²) in [4.78, 5) is 25.3. The fourth-order valence-corrected chi connectivity index (χ4v) is 1.23. The number of hydrogen-bond acceptors (Lipinski definition) is 3. The summed E-state index contributed by atoms with van der Waals surface area (Å²) in [6, 6.07) is 0. The van der Waals surface area contributed by atoms with Crippen LogP contribution in [0.3, 0.4) is 0 Å². The van der Waals surface area contributed by atoms with Crippen LogP contribution in [0.15, 0.2) is 18.7 Å². The molecule has 1 aromatic rings. The molecule has 0 fully saturated rings. The van der Waals surface area contributed by atoms with Crippen molar-refractivity contribution in [1.29, 1.82) is 0 Å². The molecule has 1 heterocycles. The van der Waals surface area contributed by atoms with Crippen molar-refractivity contribution in [2.45, 2.75) is 25.8 Å². The lowest BCUT2D eigenvalue weighted by molar-refractivity contribution is -0.137. The minimum Gasteiger partial charge on any atom is -0.481 e. The van der Waals surface area contributed by atoms with Gasteiger partial charge in [-0.05, 0) is 6.42 Å². The number of hydrogen-bond donors (Lipinski definition) is 2. The molecule has 0 saturated heterocycles. The lowest BCUT2D eigenvalue weighted by Gasteiger charge is -2.04. The van der Waals surface area contributed by atoms with Gasteiger partial charge in [-0.3, -0.25) is 9.59 Å². The maximum Gasteiger partial charge on any atom is 0.303 e. The third kappa shape index (κ3) is 5.14. The lowest BCUT2D eigenvalue weighted by Crippen LogP contribution is -2.26. The zero-order valence-electron chi connectivity index (χ0n) is 8.93. The monoisotopic (exact) mass is 225 g/mol. The molecule has 0 atom stereocenters. The normalized spacial score (nSPS) is 10.0. The molecule has 6 heteroatoms. The Bertz CT molecular complexity index is 335. The molecule has 0 aliphatic rings. The van der Waals surface area contributed by atoms with Crippen molar-refractivity contribution in [1.82, 2.24) is 14.9 Å². The van der Waals surface area contributed by atoms with E-state index in [-0.39, 0.29) is 18.7 Å². The third-order valence-electron chi connectivity index (χ3n) is 2.05. The first-order valence-corrected chi connectivity index (χ1v) is 5.12. The second-order valence-corrected chi connectivity index (χ2v) is 3.40. The number of carbonyl (C=O) groups is 2. The van der Waals surface area contributed by atoms with Crippen molar-refractivity contribution in [3.63, 3.8) is 0 Å². The molecule has 1 amide bonds. The average Bonchev–Trinajstić information content (AvgIpc) is 2.70. The van der Waals surface area contributed by atoms with Crippen molar-refractivity contribution >= 4 is 11.9 Å². The number of nitrogens with zero attached hydrogens (tertiary/aromatic N) is 2. The summed E-state index contributed by atoms with van der Waals surface area (Å²) in [6.07, 6.45) is 5.85. The average molecular weight is 225 g/mol. The molecule has 0 aromatic carbocycles. The van der Waals surface area contributed by atoms with Crippen LogP contribution in [0.25, 0.3) is 0 Å². The number of imidazole rings is 1. The van der Waals surface area contributed by atoms with Crippen molar-refractivity contribution in [3.8, 4) is 0 Å². The summed E-state index contributed by atoms with van der Waals surface area (Å²) in [6.45, 7) is 1.20. The molecule has 1 rings (SSSR count). The molecule has 6 nitrogen and oxygen atoms in total. The first-order chi connectivity index (χ1) is 7.68. The minimum atomic E-state index is -0.869. The Morgan fingerprint density at radius 1 is 1.38 bits per heavy atom. The van der Waals surface area contributed by atoms with Crippen molar-refractivity contribution in [3.05, 3.63) is 18.7 Å². The van der Waals surface area contributed by atoms with Gasteiger partial charge >= 0.3 is 5.97 Å². The van der Waals surface area contributed by atoms with Crippen LogP contribution in [0.1, 0.15) is 19.3 Å². The van der Waals surface area contributed by atoms with Crippen LogP contribution in [0.5, 0.6) is 0 Å². The third-order valence-corrected chi connectivity index (χ3v) is 2.05. The molecule has 0 radical (unpaired) electrons. The number of nitrogens with one attached hydrogen (secondary N) is 1. The predicted molar refractivity (Wildman–Crippen MR) is 56.7 cm³/mol. The summed E-state index contributed by atoms with van der Waals surface area (Å²) in [5.74, 6) is -0.979. The van der Waals surface area contributed by atoms with Crippen molar-refractivity contribution in [2.24, 2.45) is 0 Å². The van der Waals surface area contributed by atoms with Gasteiger partial charge in [0.1, 0.15) is 0 Å². The van der Waals surface area contributed by atoms with Gasteiger partial charge in [-0.2, -0.15) is 0 Å². The van der Waals surface area contributed by atoms with Gasteiger partial charge in [0.25, 0.3) is 0 Å². The van der Waals surface area contributed by atoms with E-state index in [4.69, 9.17) is 5.11 Å². The smallest absolute Gasteiger partial charge is 0.303 e. The predicted octanol–water partition coefficient (Wildman–Crippen LogP) is 0.254. The zero-order chi connectivity index (χ0) is 11.8. The standard InChI is InChI=1S/C10H15N3O3/c14-9(2-1-3-10(15)16)12-5-7-13-6-4-11-8-13/h4,6,8H,1-3,5,7H2,(H,12,14)(H,15,16). The fourth-order valence-electron chi connectivity index (χ4n) is 1.23. The van der Waals surface area contributed by atoms with Crippen LogP contribution in [0.4, 0.5) is 0 Å². The first-order valence-electron chi connectivity index (χ1n) is 5.12. The van der Waals surface area contributed by atoms with E-state index in [2.05, 4.69) is 10.3 Å². The van der Waals surface area contributed by atoms with Gasteiger partial charge in [0.15, 0.2) is 0 Å². The molecule has 0 aliphatic carbocycles. The van der Waals surface area contributed by atoms with E-state index in [1.54, 1.807) is 12.5 Å². The molecule has 1 aromatic heterocycles. The van der Waals surface area contributed by atoms with E-state index in [1.165, 1.54) is 0 Å². The van der Waals surface area contributed by atoms with Crippen LogP contribution in [-0.4, -0.2) is 33.1 Å². The molecule has 0 bridgehead atoms. The molecular weight excluding hydrogens is 210 g/mol. The van der Waals surface area contributed by atoms with Gasteiger partial charge in [0.05, 0.1) is 6.33 Å². The van der Waals surface area contributed by atoms with Crippen LogP contribution in [0, 0.1) is 0 Å². The van der Waals surface area contributed by atoms with Crippen molar-refractivity contribution in [2.75, 3.05) is 6.54 Å². The van der Waals surface area contributed by atoms with Gasteiger partial charge in [-0.1, -0.05) is 0 Å². The maximum atomic E-state index is 11.2. The highest BCUT2D eigenvalue weighted by Crippen LogP contribution is 1.94. The number of amides is 1. The van der Waals surface area contributed by atoms with Gasteiger partial charge in [0, 0.05) is 38.3 Å². The number of aromatic nitrogens is 2. The first kappa shape index (κ1) is 12.2. The number of rotatable bonds is 7. The van der Waals surface area contributed by atoms with Crippen molar-refractivity contribution < 1.29 is 14.7 Å². The lowest BCUT2D eigenvalue weighted by atomic mass is 10.2. The van der Waals surface area contributed by atoms with E-state index in [1.807, 2.05) is 10.8 Å². The number of carboxylic acids is 1. The number of carbonyl (C=O) groups excluding carboxylic acids is 1. The van der Waals surface area contributed by atoms with Crippen LogP contribution < -0.4 is 5.32 Å². The Morgan fingerprint density at radius 3 is 2.81 bits per heavy atom. The maximum absolute atomic E-state index is 11.2. The molecule has 0 saturated carbocycles. The highest BCUT2D eigenvalue weighted by molar-refractivity contribution is 5.76. The quantitative estimate of drug-likeness (QED) is 0.696. The Labute approximate surface area is 93.3 Å². The molecule has 0 spiro atoms. The van der Waals surface area contributed by atoms with E-state index >= 15 is 0 Å². The Hall–Kier alpha value is -1.85. The molecule has 0 aliphatic heterocycles. The summed E-state index contributed by atoms with van der Waals surface area (Å²) in [5.41, 5.74) is 0. The number of aliphatic carboxylic acids is 1. The highest BCUT2D eigenvalue weighted by atomic mass is 16.4. The van der Waals surface area contributed by atoms with E-state index in [0.717, 1.165) is 0 Å². The molecular formula is C10H15N3O3. The van der Waals surface area contributed by atoms with Crippen LogP contribution in [0.2, 0.25) is 0 Å².